The van der Waals surface area contributed by atoms with Gasteiger partial charge in [-0.15, -0.1) is 0 Å². The first-order chi connectivity index (χ1) is 10.0. The van der Waals surface area contributed by atoms with Gasteiger partial charge in [0, 0.05) is 6.92 Å². The fraction of sp³-hybridized carbons (Fsp3) is 0.867. The van der Waals surface area contributed by atoms with Gasteiger partial charge in [0.2, 0.25) is 0 Å². The molecule has 0 aromatic heterocycles. The van der Waals surface area contributed by atoms with Crippen molar-refractivity contribution in [3.8, 4) is 0 Å². The zero-order valence-corrected chi connectivity index (χ0v) is 14.5. The number of ether oxygens (including phenoxy) is 1. The van der Waals surface area contributed by atoms with Gasteiger partial charge in [-0.2, -0.15) is 4.40 Å². The normalized spacial score (nSPS) is 9.48. The van der Waals surface area contributed by atoms with E-state index in [1.165, 1.54) is 64.7 Å². The molecule has 0 saturated heterocycles. The van der Waals surface area contributed by atoms with E-state index in [1.54, 1.807) is 0 Å². The summed E-state index contributed by atoms with van der Waals surface area (Å²) in [5.41, 5.74) is 9.49. The second kappa shape index (κ2) is 19.1. The van der Waals surface area contributed by atoms with Crippen LogP contribution in [-0.2, 0) is 9.53 Å². The van der Waals surface area contributed by atoms with Crippen molar-refractivity contribution in [2.45, 2.75) is 78.1 Å². The van der Waals surface area contributed by atoms with Crippen molar-refractivity contribution in [1.29, 1.82) is 0 Å². The van der Waals surface area contributed by atoms with Crippen molar-refractivity contribution in [3.63, 3.8) is 0 Å². The van der Waals surface area contributed by atoms with E-state index in [0.717, 1.165) is 6.42 Å². The summed E-state index contributed by atoms with van der Waals surface area (Å²) in [5.74, 6) is -0.163. The molecule has 21 heavy (non-hydrogen) atoms. The third-order valence-electron chi connectivity index (χ3n) is 2.92. The summed E-state index contributed by atoms with van der Waals surface area (Å²) in [4.78, 5) is 10.5. The van der Waals surface area contributed by atoms with Gasteiger partial charge in [-0.05, 0) is 19.2 Å². The lowest BCUT2D eigenvalue weighted by atomic mass is 10.1. The first kappa shape index (κ1) is 22.4. The van der Waals surface area contributed by atoms with Crippen molar-refractivity contribution in [2.24, 2.45) is 15.9 Å². The predicted molar refractivity (Wildman–Crippen MR) is 93.3 cm³/mol. The molecule has 0 heterocycles. The number of nitrogens with two attached hydrogens (primary N) is 2. The van der Waals surface area contributed by atoms with Crippen LogP contribution in [0.1, 0.15) is 78.1 Å². The summed E-state index contributed by atoms with van der Waals surface area (Å²) in [5, 5.41) is 0. The maximum Gasteiger partial charge on any atom is 0.302 e. The zero-order valence-electron chi connectivity index (χ0n) is 13.6. The molecule has 0 spiro atoms. The summed E-state index contributed by atoms with van der Waals surface area (Å²) >= 11 is 3.35. The first-order valence-electron chi connectivity index (χ1n) is 7.90. The number of unbranched alkanes of at least 4 members (excludes halogenated alkanes) is 9. The van der Waals surface area contributed by atoms with Crippen LogP contribution < -0.4 is 11.5 Å². The Labute approximate surface area is 135 Å². The molecule has 5 nitrogen and oxygen atoms in total. The molecule has 0 rings (SSSR count). The summed E-state index contributed by atoms with van der Waals surface area (Å²) in [7, 11) is 0. The number of rotatable bonds is 11. The maximum absolute atomic E-state index is 10.5. The van der Waals surface area contributed by atoms with Crippen molar-refractivity contribution in [1.82, 2.24) is 0 Å². The molecular weight excluding hydrogens is 286 g/mol. The molecule has 0 fully saturated rings. The van der Waals surface area contributed by atoms with Gasteiger partial charge < -0.3 is 16.2 Å². The Morgan fingerprint density at radius 1 is 0.952 bits per heavy atom. The van der Waals surface area contributed by atoms with Crippen molar-refractivity contribution in [2.75, 3.05) is 6.61 Å². The van der Waals surface area contributed by atoms with Crippen LogP contribution in [0, 0.1) is 0 Å². The molecule has 0 unspecified atom stereocenters. The molecule has 0 bridgehead atoms. The highest BCUT2D eigenvalue weighted by molar-refractivity contribution is 7.79. The second-order valence-electron chi connectivity index (χ2n) is 5.05. The third kappa shape index (κ3) is 28.1. The second-order valence-corrected chi connectivity index (χ2v) is 5.25. The standard InChI is InChI=1S/C14H28O2.CH5N3S/c1-3-4-5-6-7-8-9-10-11-12-13-16-14(2)15;2-1(3)4-5/h3-13H2,1-2H3;5H,(H4,2,3,4). The molecule has 0 aliphatic carbocycles. The lowest BCUT2D eigenvalue weighted by Gasteiger charge is -2.02. The van der Waals surface area contributed by atoms with Gasteiger partial charge in [0.15, 0.2) is 5.96 Å². The fourth-order valence-electron chi connectivity index (χ4n) is 1.81. The van der Waals surface area contributed by atoms with Crippen LogP contribution in [0.15, 0.2) is 4.40 Å². The Balaban J connectivity index is 0. The Bertz CT molecular complexity index is 257. The minimum atomic E-state index is -0.157. The van der Waals surface area contributed by atoms with Crippen molar-refractivity contribution in [3.05, 3.63) is 0 Å². The van der Waals surface area contributed by atoms with E-state index in [0.29, 0.717) is 6.61 Å². The van der Waals surface area contributed by atoms with Gasteiger partial charge in [0.25, 0.3) is 0 Å². The number of esters is 1. The van der Waals surface area contributed by atoms with E-state index in [4.69, 9.17) is 16.2 Å². The lowest BCUT2D eigenvalue weighted by Crippen LogP contribution is -2.21. The molecule has 6 heteroatoms. The number of hydrogen-bond acceptors (Lipinski definition) is 4. The van der Waals surface area contributed by atoms with E-state index >= 15 is 0 Å². The SMILES string of the molecule is CCCCCCCCCCCCOC(C)=O.NC(N)=NS. The van der Waals surface area contributed by atoms with E-state index < -0.39 is 0 Å². The van der Waals surface area contributed by atoms with E-state index in [1.807, 2.05) is 0 Å². The van der Waals surface area contributed by atoms with Crippen LogP contribution in [0.2, 0.25) is 0 Å². The molecule has 0 aromatic rings. The van der Waals surface area contributed by atoms with Crippen molar-refractivity contribution >= 4 is 24.7 Å². The van der Waals surface area contributed by atoms with E-state index in [9.17, 15) is 4.79 Å². The molecule has 0 saturated carbocycles. The highest BCUT2D eigenvalue weighted by Gasteiger charge is 1.94. The Hall–Kier alpha value is -0.910. The average Bonchev–Trinajstić information content (AvgIpc) is 2.45. The van der Waals surface area contributed by atoms with Gasteiger partial charge in [-0.25, -0.2) is 0 Å². The largest absolute Gasteiger partial charge is 0.466 e. The van der Waals surface area contributed by atoms with Crippen LogP contribution in [0.4, 0.5) is 0 Å². The Morgan fingerprint density at radius 2 is 1.33 bits per heavy atom. The molecule has 0 amide bonds. The summed E-state index contributed by atoms with van der Waals surface area (Å²) in [6.07, 6.45) is 13.1. The van der Waals surface area contributed by atoms with Crippen LogP contribution in [0.25, 0.3) is 0 Å². The molecular formula is C15H33N3O2S. The lowest BCUT2D eigenvalue weighted by molar-refractivity contribution is -0.141. The number of thiol groups is 1. The highest BCUT2D eigenvalue weighted by atomic mass is 32.1. The van der Waals surface area contributed by atoms with Gasteiger partial charge in [0.05, 0.1) is 6.61 Å². The van der Waals surface area contributed by atoms with Crippen LogP contribution in [-0.4, -0.2) is 18.5 Å². The van der Waals surface area contributed by atoms with Gasteiger partial charge in [0.1, 0.15) is 0 Å². The topological polar surface area (TPSA) is 90.7 Å². The predicted octanol–water partition coefficient (Wildman–Crippen LogP) is 3.58. The van der Waals surface area contributed by atoms with E-state index in [-0.39, 0.29) is 11.9 Å². The molecule has 0 radical (unpaired) electrons. The molecule has 0 aliphatic heterocycles. The summed E-state index contributed by atoms with van der Waals surface area (Å²) in [6.45, 7) is 4.32. The molecule has 126 valence electrons. The van der Waals surface area contributed by atoms with Crippen LogP contribution >= 0.6 is 12.8 Å². The third-order valence-corrected chi connectivity index (χ3v) is 3.15. The Kier molecular flexibility index (Phi) is 20.3. The van der Waals surface area contributed by atoms with Gasteiger partial charge in [-0.1, -0.05) is 64.7 Å². The first-order valence-corrected chi connectivity index (χ1v) is 8.30. The van der Waals surface area contributed by atoms with Crippen LogP contribution in [0.3, 0.4) is 0 Å². The van der Waals surface area contributed by atoms with E-state index in [2.05, 4.69) is 24.1 Å². The summed E-state index contributed by atoms with van der Waals surface area (Å²) in [6, 6.07) is 0. The quantitative estimate of drug-likeness (QED) is 0.178. The molecule has 4 N–H and O–H groups in total. The number of carbonyl (C=O) groups is 1. The smallest absolute Gasteiger partial charge is 0.302 e. The van der Waals surface area contributed by atoms with Crippen molar-refractivity contribution < 1.29 is 9.53 Å². The highest BCUT2D eigenvalue weighted by Crippen LogP contribution is 2.10. The maximum atomic E-state index is 10.5. The minimum Gasteiger partial charge on any atom is -0.466 e. The number of carbonyl (C=O) groups excluding carboxylic acids is 1. The zero-order chi connectivity index (χ0) is 16.3. The molecule has 0 aromatic carbocycles. The van der Waals surface area contributed by atoms with Gasteiger partial charge in [-0.3, -0.25) is 4.79 Å². The Morgan fingerprint density at radius 3 is 1.67 bits per heavy atom. The monoisotopic (exact) mass is 319 g/mol. The fourth-order valence-corrected chi connectivity index (χ4v) is 1.81. The number of guanidine groups is 1. The molecule has 0 aliphatic rings. The van der Waals surface area contributed by atoms with Crippen LogP contribution in [0.5, 0.6) is 0 Å². The minimum absolute atomic E-state index is 0.00617. The summed E-state index contributed by atoms with van der Waals surface area (Å²) < 4.78 is 7.93. The van der Waals surface area contributed by atoms with Gasteiger partial charge >= 0.3 is 5.97 Å². The molecule has 0 atom stereocenters. The number of hydrogen-bond donors (Lipinski definition) is 3. The average molecular weight is 320 g/mol. The number of nitrogens with zero attached hydrogens (tertiary/aromatic N) is 1.